The number of anilines is 4. The number of aromatic nitrogens is 3. The van der Waals surface area contributed by atoms with Crippen LogP contribution in [-0.2, 0) is 6.54 Å². The van der Waals surface area contributed by atoms with E-state index < -0.39 is 0 Å². The van der Waals surface area contributed by atoms with E-state index in [2.05, 4.69) is 25.6 Å². The monoisotopic (exact) mass is 322 g/mol. The van der Waals surface area contributed by atoms with Crippen LogP contribution < -0.4 is 21.1 Å². The van der Waals surface area contributed by atoms with E-state index in [9.17, 15) is 0 Å². The second-order valence-corrected chi connectivity index (χ2v) is 5.02. The lowest BCUT2D eigenvalue weighted by Crippen LogP contribution is -2.08. The van der Waals surface area contributed by atoms with Gasteiger partial charge in [0.25, 0.3) is 0 Å². The first kappa shape index (κ1) is 15.5. The van der Waals surface area contributed by atoms with Crippen molar-refractivity contribution in [2.45, 2.75) is 6.54 Å². The van der Waals surface area contributed by atoms with E-state index in [-0.39, 0.29) is 0 Å². The van der Waals surface area contributed by atoms with Crippen LogP contribution >= 0.6 is 0 Å². The quantitative estimate of drug-likeness (QED) is 0.642. The van der Waals surface area contributed by atoms with Crippen LogP contribution in [0.2, 0.25) is 0 Å². The molecule has 7 nitrogen and oxygen atoms in total. The second kappa shape index (κ2) is 7.28. The number of nitrogens with one attached hydrogen (secondary N) is 2. The minimum absolute atomic E-state index is 0.437. The zero-order valence-corrected chi connectivity index (χ0v) is 13.2. The Morgan fingerprint density at radius 3 is 2.71 bits per heavy atom. The van der Waals surface area contributed by atoms with Crippen molar-refractivity contribution in [2.75, 3.05) is 23.5 Å². The number of nitrogen functional groups attached to an aromatic ring is 1. The molecule has 2 heterocycles. The molecule has 0 radical (unpaired) electrons. The first-order valence-electron chi connectivity index (χ1n) is 7.41. The lowest BCUT2D eigenvalue weighted by Gasteiger charge is -2.14. The smallest absolute Gasteiger partial charge is 0.159 e. The van der Waals surface area contributed by atoms with Crippen LogP contribution in [0, 0.1) is 0 Å². The lowest BCUT2D eigenvalue weighted by atomic mass is 10.2. The molecule has 0 aliphatic rings. The van der Waals surface area contributed by atoms with Crippen molar-refractivity contribution in [3.63, 3.8) is 0 Å². The van der Waals surface area contributed by atoms with Crippen LogP contribution in [0.4, 0.5) is 23.0 Å². The molecule has 0 amide bonds. The summed E-state index contributed by atoms with van der Waals surface area (Å²) in [7, 11) is 1.62. The molecule has 0 saturated heterocycles. The third-order valence-electron chi connectivity index (χ3n) is 3.43. The molecule has 0 spiro atoms. The van der Waals surface area contributed by atoms with Gasteiger partial charge in [-0.15, -0.1) is 0 Å². The van der Waals surface area contributed by atoms with Crippen LogP contribution in [-0.4, -0.2) is 22.1 Å². The number of benzene rings is 1. The van der Waals surface area contributed by atoms with Crippen LogP contribution in [0.1, 0.15) is 5.56 Å². The second-order valence-electron chi connectivity index (χ2n) is 5.02. The Morgan fingerprint density at radius 1 is 1.08 bits per heavy atom. The SMILES string of the molecule is COc1ccccc1Nc1ncnc(NCc2cccnc2)c1N. The van der Waals surface area contributed by atoms with Gasteiger partial charge in [-0.3, -0.25) is 4.98 Å². The van der Waals surface area contributed by atoms with E-state index in [1.54, 1.807) is 19.5 Å². The van der Waals surface area contributed by atoms with Crippen LogP contribution in [0.15, 0.2) is 55.1 Å². The Kier molecular flexibility index (Phi) is 4.71. The number of para-hydroxylation sites is 2. The predicted molar refractivity (Wildman–Crippen MR) is 94.3 cm³/mol. The molecule has 0 saturated carbocycles. The van der Waals surface area contributed by atoms with E-state index in [0.29, 0.717) is 29.6 Å². The van der Waals surface area contributed by atoms with Gasteiger partial charge in [0.2, 0.25) is 0 Å². The van der Waals surface area contributed by atoms with E-state index in [0.717, 1.165) is 11.3 Å². The fourth-order valence-corrected chi connectivity index (χ4v) is 2.20. The molecule has 24 heavy (non-hydrogen) atoms. The summed E-state index contributed by atoms with van der Waals surface area (Å²) < 4.78 is 5.32. The maximum Gasteiger partial charge on any atom is 0.159 e. The summed E-state index contributed by atoms with van der Waals surface area (Å²) in [5.41, 5.74) is 8.44. The number of hydrogen-bond acceptors (Lipinski definition) is 7. The molecule has 122 valence electrons. The zero-order chi connectivity index (χ0) is 16.8. The molecule has 3 rings (SSSR count). The summed E-state index contributed by atoms with van der Waals surface area (Å²) in [4.78, 5) is 12.5. The molecule has 0 aliphatic heterocycles. The third kappa shape index (κ3) is 3.52. The topological polar surface area (TPSA) is 98.0 Å². The summed E-state index contributed by atoms with van der Waals surface area (Å²) in [6.07, 6.45) is 4.98. The van der Waals surface area contributed by atoms with Crippen molar-refractivity contribution >= 4 is 23.0 Å². The maximum atomic E-state index is 6.18. The number of nitrogens with zero attached hydrogens (tertiary/aromatic N) is 3. The van der Waals surface area contributed by atoms with Gasteiger partial charge in [0.05, 0.1) is 12.8 Å². The highest BCUT2D eigenvalue weighted by Gasteiger charge is 2.10. The van der Waals surface area contributed by atoms with Gasteiger partial charge in [-0.05, 0) is 23.8 Å². The lowest BCUT2D eigenvalue weighted by molar-refractivity contribution is 0.417. The molecule has 0 unspecified atom stereocenters. The number of hydrogen-bond donors (Lipinski definition) is 3. The fraction of sp³-hybridized carbons (Fsp3) is 0.118. The van der Waals surface area contributed by atoms with Crippen molar-refractivity contribution in [3.8, 4) is 5.75 Å². The first-order valence-corrected chi connectivity index (χ1v) is 7.41. The average Bonchev–Trinajstić information content (AvgIpc) is 2.64. The number of rotatable bonds is 6. The molecule has 4 N–H and O–H groups in total. The minimum Gasteiger partial charge on any atom is -0.495 e. The molecule has 2 aromatic heterocycles. The van der Waals surface area contributed by atoms with Crippen molar-refractivity contribution in [1.82, 2.24) is 15.0 Å². The summed E-state index contributed by atoms with van der Waals surface area (Å²) in [5, 5.41) is 6.37. The average molecular weight is 322 g/mol. The molecule has 1 aromatic carbocycles. The summed E-state index contributed by atoms with van der Waals surface area (Å²) in [6.45, 7) is 0.573. The first-order chi connectivity index (χ1) is 11.8. The van der Waals surface area contributed by atoms with Crippen LogP contribution in [0.3, 0.4) is 0 Å². The summed E-state index contributed by atoms with van der Waals surface area (Å²) in [6, 6.07) is 11.4. The standard InChI is InChI=1S/C17H18N6O/c1-24-14-7-3-2-6-13(14)23-17-15(18)16(21-11-22-17)20-10-12-5-4-8-19-9-12/h2-9,11H,10,18H2,1H3,(H2,20,21,22,23). The van der Waals surface area contributed by atoms with Crippen LogP contribution in [0.25, 0.3) is 0 Å². The van der Waals surface area contributed by atoms with Crippen molar-refractivity contribution < 1.29 is 4.74 Å². The molecule has 0 atom stereocenters. The van der Waals surface area contributed by atoms with Gasteiger partial charge in [0.1, 0.15) is 17.8 Å². The molecule has 3 aromatic rings. The van der Waals surface area contributed by atoms with Crippen molar-refractivity contribution in [1.29, 1.82) is 0 Å². The number of nitrogens with two attached hydrogens (primary N) is 1. The summed E-state index contributed by atoms with van der Waals surface area (Å²) in [5.74, 6) is 1.79. The van der Waals surface area contributed by atoms with Gasteiger partial charge in [0.15, 0.2) is 11.6 Å². The number of methoxy groups -OCH3 is 1. The highest BCUT2D eigenvalue weighted by atomic mass is 16.5. The highest BCUT2D eigenvalue weighted by molar-refractivity contribution is 5.79. The minimum atomic E-state index is 0.437. The van der Waals surface area contributed by atoms with E-state index in [1.165, 1.54) is 6.33 Å². The van der Waals surface area contributed by atoms with Crippen molar-refractivity contribution in [2.24, 2.45) is 0 Å². The molecule has 0 aliphatic carbocycles. The largest absolute Gasteiger partial charge is 0.495 e. The third-order valence-corrected chi connectivity index (χ3v) is 3.43. The van der Waals surface area contributed by atoms with E-state index >= 15 is 0 Å². The molecular formula is C17H18N6O. The Balaban J connectivity index is 1.78. The normalized spacial score (nSPS) is 10.2. The van der Waals surface area contributed by atoms with Gasteiger partial charge in [-0.1, -0.05) is 18.2 Å². The van der Waals surface area contributed by atoms with Gasteiger partial charge in [0, 0.05) is 18.9 Å². The number of ether oxygens (including phenoxy) is 1. The van der Waals surface area contributed by atoms with Crippen molar-refractivity contribution in [3.05, 3.63) is 60.7 Å². The van der Waals surface area contributed by atoms with Crippen LogP contribution in [0.5, 0.6) is 5.75 Å². The zero-order valence-electron chi connectivity index (χ0n) is 13.2. The van der Waals surface area contributed by atoms with E-state index in [1.807, 2.05) is 36.4 Å². The van der Waals surface area contributed by atoms with Gasteiger partial charge >= 0.3 is 0 Å². The predicted octanol–water partition coefficient (Wildman–Crippen LogP) is 2.82. The Labute approximate surface area is 139 Å². The maximum absolute atomic E-state index is 6.18. The Bertz CT molecular complexity index is 809. The number of pyridine rings is 1. The van der Waals surface area contributed by atoms with Gasteiger partial charge in [-0.2, -0.15) is 0 Å². The van der Waals surface area contributed by atoms with Gasteiger partial charge < -0.3 is 21.1 Å². The Morgan fingerprint density at radius 2 is 1.92 bits per heavy atom. The molecule has 0 fully saturated rings. The van der Waals surface area contributed by atoms with E-state index in [4.69, 9.17) is 10.5 Å². The molecule has 7 heteroatoms. The van der Waals surface area contributed by atoms with Gasteiger partial charge in [-0.25, -0.2) is 9.97 Å². The summed E-state index contributed by atoms with van der Waals surface area (Å²) >= 11 is 0. The Hall–Kier alpha value is -3.35. The molecule has 0 bridgehead atoms. The molecular weight excluding hydrogens is 304 g/mol. The highest BCUT2D eigenvalue weighted by Crippen LogP contribution is 2.30. The fourth-order valence-electron chi connectivity index (χ4n) is 2.20.